The van der Waals surface area contributed by atoms with E-state index >= 15 is 0 Å². The third-order valence-corrected chi connectivity index (χ3v) is 5.77. The number of carbonyl (C=O) groups is 1. The fourth-order valence-corrected chi connectivity index (χ4v) is 4.16. The van der Waals surface area contributed by atoms with Crippen molar-refractivity contribution in [3.05, 3.63) is 88.5 Å². The molecule has 0 radical (unpaired) electrons. The summed E-state index contributed by atoms with van der Waals surface area (Å²) in [4.78, 5) is 12.9. The first-order chi connectivity index (χ1) is 12.5. The van der Waals surface area contributed by atoms with E-state index in [0.29, 0.717) is 0 Å². The molecule has 0 heterocycles. The van der Waals surface area contributed by atoms with Gasteiger partial charge in [-0.25, -0.2) is 0 Å². The van der Waals surface area contributed by atoms with E-state index in [1.54, 1.807) is 0 Å². The quantitative estimate of drug-likeness (QED) is 0.511. The predicted octanol–water partition coefficient (Wildman–Crippen LogP) is 2.86. The topological polar surface area (TPSA) is 26.3 Å². The van der Waals surface area contributed by atoms with Gasteiger partial charge in [-0.3, -0.25) is 4.79 Å². The maximum Gasteiger partial charge on any atom is 1.00 e. The minimum absolute atomic E-state index is 0. The average Bonchev–Trinajstić information content (AvgIpc) is 2.62. The van der Waals surface area contributed by atoms with E-state index in [1.807, 2.05) is 68.4 Å². The molecule has 3 rings (SSSR count). The Hall–Kier alpha value is -1.84. The summed E-state index contributed by atoms with van der Waals surface area (Å²) in [6.45, 7) is 8.24. The standard InChI is InChI=1S/C23H23O2P.Li/c1-15-14-16(2)22(18(4)17(15)3)23(24)26-21-12-10-20(11-13-21)25-19-8-6-5-7-9-19;/h5-14,26H,1-4H3;/q;+1. The molecule has 0 aliphatic rings. The Morgan fingerprint density at radius 2 is 1.37 bits per heavy atom. The summed E-state index contributed by atoms with van der Waals surface area (Å²) >= 11 is 0. The molecule has 0 saturated heterocycles. The molecule has 0 aliphatic carbocycles. The second-order valence-corrected chi connectivity index (χ2v) is 7.81. The Labute approximate surface area is 175 Å². The number of carbonyl (C=O) groups excluding carboxylic acids is 1. The summed E-state index contributed by atoms with van der Waals surface area (Å²) in [5, 5.41) is 1.02. The molecule has 1 unspecified atom stereocenters. The van der Waals surface area contributed by atoms with Crippen LogP contribution < -0.4 is 28.9 Å². The van der Waals surface area contributed by atoms with Crippen LogP contribution in [-0.4, -0.2) is 5.52 Å². The molecule has 2 nitrogen and oxygen atoms in total. The number of benzene rings is 3. The number of hydrogen-bond acceptors (Lipinski definition) is 2. The molecule has 27 heavy (non-hydrogen) atoms. The number of para-hydroxylation sites is 1. The van der Waals surface area contributed by atoms with Crippen LogP contribution in [0.4, 0.5) is 0 Å². The van der Waals surface area contributed by atoms with Crippen LogP contribution in [0.2, 0.25) is 0 Å². The minimum atomic E-state index is 0. The normalized spacial score (nSPS) is 10.7. The molecule has 4 heteroatoms. The van der Waals surface area contributed by atoms with E-state index in [2.05, 4.69) is 19.9 Å². The zero-order valence-corrected chi connectivity index (χ0v) is 17.6. The first-order valence-electron chi connectivity index (χ1n) is 8.67. The fraction of sp³-hybridized carbons (Fsp3) is 0.174. The Morgan fingerprint density at radius 3 is 2.00 bits per heavy atom. The maximum atomic E-state index is 12.9. The summed E-state index contributed by atoms with van der Waals surface area (Å²) < 4.78 is 5.81. The number of hydrogen-bond donors (Lipinski definition) is 0. The minimum Gasteiger partial charge on any atom is -0.457 e. The molecular weight excluding hydrogens is 346 g/mol. The van der Waals surface area contributed by atoms with Gasteiger partial charge in [-0.15, -0.1) is 0 Å². The smallest absolute Gasteiger partial charge is 0.457 e. The predicted molar refractivity (Wildman–Crippen MR) is 111 cm³/mol. The molecule has 132 valence electrons. The van der Waals surface area contributed by atoms with Crippen LogP contribution in [0, 0.1) is 27.7 Å². The Balaban J connectivity index is 0.00000261. The van der Waals surface area contributed by atoms with Crippen molar-refractivity contribution in [2.75, 3.05) is 0 Å². The third-order valence-electron chi connectivity index (χ3n) is 4.67. The van der Waals surface area contributed by atoms with Crippen molar-refractivity contribution in [1.29, 1.82) is 0 Å². The molecule has 0 amide bonds. The molecule has 3 aromatic rings. The van der Waals surface area contributed by atoms with Crippen molar-refractivity contribution in [1.82, 2.24) is 0 Å². The van der Waals surface area contributed by atoms with Crippen LogP contribution in [0.3, 0.4) is 0 Å². The fourth-order valence-electron chi connectivity index (χ4n) is 3.06. The van der Waals surface area contributed by atoms with Crippen molar-refractivity contribution >= 4 is 19.4 Å². The van der Waals surface area contributed by atoms with Crippen LogP contribution >= 0.6 is 8.58 Å². The van der Waals surface area contributed by atoms with E-state index in [-0.39, 0.29) is 33.0 Å². The monoisotopic (exact) mass is 369 g/mol. The molecule has 0 aliphatic heterocycles. The molecule has 0 aromatic heterocycles. The Morgan fingerprint density at radius 1 is 0.778 bits per heavy atom. The molecule has 3 aromatic carbocycles. The van der Waals surface area contributed by atoms with Crippen molar-refractivity contribution < 1.29 is 28.4 Å². The molecule has 0 saturated carbocycles. The Bertz CT molecular complexity index is 935. The van der Waals surface area contributed by atoms with Gasteiger partial charge in [-0.05, 0) is 88.1 Å². The summed E-state index contributed by atoms with van der Waals surface area (Å²) in [7, 11) is 0.111. The number of aryl methyl sites for hydroxylation is 2. The van der Waals surface area contributed by atoms with E-state index in [4.69, 9.17) is 4.74 Å². The summed E-state index contributed by atoms with van der Waals surface area (Å²) in [5.41, 5.74) is 5.67. The van der Waals surface area contributed by atoms with Crippen molar-refractivity contribution in [2.45, 2.75) is 27.7 Å². The zero-order valence-electron chi connectivity index (χ0n) is 16.6. The summed E-state index contributed by atoms with van der Waals surface area (Å²) in [6, 6.07) is 19.6. The number of rotatable bonds is 5. The van der Waals surface area contributed by atoms with E-state index < -0.39 is 0 Å². The second kappa shape index (κ2) is 9.38. The van der Waals surface area contributed by atoms with Gasteiger partial charge >= 0.3 is 18.9 Å². The largest absolute Gasteiger partial charge is 1.00 e. The SMILES string of the molecule is Cc1cc(C)c(C(=O)Pc2ccc(Oc3ccccc3)cc2)c(C)c1C.[Li+]. The first kappa shape index (κ1) is 21.5. The van der Waals surface area contributed by atoms with Crippen LogP contribution in [0.25, 0.3) is 0 Å². The molecule has 0 bridgehead atoms. The van der Waals surface area contributed by atoms with Gasteiger partial charge in [0.2, 0.25) is 0 Å². The van der Waals surface area contributed by atoms with Crippen LogP contribution in [0.1, 0.15) is 32.6 Å². The first-order valence-corrected chi connectivity index (χ1v) is 9.67. The number of ether oxygens (including phenoxy) is 1. The molecular formula is C23H23LiO2P+. The molecule has 0 fully saturated rings. The maximum absolute atomic E-state index is 12.9. The molecule has 0 spiro atoms. The molecule has 1 atom stereocenters. The summed E-state index contributed by atoms with van der Waals surface area (Å²) in [6.07, 6.45) is 0. The van der Waals surface area contributed by atoms with Gasteiger partial charge in [0.05, 0.1) is 0 Å². The Kier molecular flexibility index (Phi) is 7.46. The van der Waals surface area contributed by atoms with E-state index in [1.165, 1.54) is 11.1 Å². The zero-order chi connectivity index (χ0) is 18.7. The van der Waals surface area contributed by atoms with Gasteiger partial charge in [0, 0.05) is 5.56 Å². The van der Waals surface area contributed by atoms with Gasteiger partial charge in [0.1, 0.15) is 11.5 Å². The van der Waals surface area contributed by atoms with E-state index in [9.17, 15) is 4.79 Å². The van der Waals surface area contributed by atoms with Gasteiger partial charge < -0.3 is 4.74 Å². The van der Waals surface area contributed by atoms with Gasteiger partial charge in [-0.2, -0.15) is 0 Å². The van der Waals surface area contributed by atoms with Crippen molar-refractivity contribution in [3.8, 4) is 11.5 Å². The second-order valence-electron chi connectivity index (χ2n) is 6.53. The third kappa shape index (κ3) is 5.11. The van der Waals surface area contributed by atoms with Crippen molar-refractivity contribution in [3.63, 3.8) is 0 Å². The summed E-state index contributed by atoms with van der Waals surface area (Å²) in [5.74, 6) is 1.58. The average molecular weight is 369 g/mol. The van der Waals surface area contributed by atoms with Gasteiger partial charge in [0.15, 0.2) is 5.52 Å². The van der Waals surface area contributed by atoms with Crippen LogP contribution in [-0.2, 0) is 0 Å². The van der Waals surface area contributed by atoms with Crippen molar-refractivity contribution in [2.24, 2.45) is 0 Å². The van der Waals surface area contributed by atoms with Gasteiger partial charge in [-0.1, -0.05) is 36.4 Å². The van der Waals surface area contributed by atoms with Gasteiger partial charge in [0.25, 0.3) is 0 Å². The van der Waals surface area contributed by atoms with E-state index in [0.717, 1.165) is 33.5 Å². The van der Waals surface area contributed by atoms with Crippen LogP contribution in [0.15, 0.2) is 60.7 Å². The molecule has 0 N–H and O–H groups in total. The van der Waals surface area contributed by atoms with Crippen LogP contribution in [0.5, 0.6) is 11.5 Å².